The number of aromatic nitrogens is 1. The zero-order valence-electron chi connectivity index (χ0n) is 15.9. The molecule has 1 aromatic carbocycles. The molecule has 2 aromatic rings. The molecule has 0 bridgehead atoms. The fourth-order valence-electron chi connectivity index (χ4n) is 3.25. The standard InChI is InChI=1S/C21H20ClN4OS/c1-4-26-20(27)19(17-7-5-6-11-24(17)2)28-21(26)23-16-10-12-25(3)18-13-14(22)8-9-15(16)18/h5-13H,4H2,1-3H3/q+1. The maximum atomic E-state index is 13.0. The molecule has 4 rings (SSSR count). The fourth-order valence-corrected chi connectivity index (χ4v) is 4.58. The monoisotopic (exact) mass is 411 g/mol. The lowest BCUT2D eigenvalue weighted by Crippen LogP contribution is -2.29. The number of hydrogen-bond donors (Lipinski definition) is 0. The van der Waals surface area contributed by atoms with E-state index in [4.69, 9.17) is 16.6 Å². The number of pyridine rings is 1. The highest BCUT2D eigenvalue weighted by Gasteiger charge is 2.35. The van der Waals surface area contributed by atoms with Crippen LogP contribution < -0.4 is 4.57 Å². The lowest BCUT2D eigenvalue weighted by molar-refractivity contribution is -0.644. The van der Waals surface area contributed by atoms with Crippen molar-refractivity contribution in [3.05, 3.63) is 70.5 Å². The van der Waals surface area contributed by atoms with E-state index < -0.39 is 0 Å². The lowest BCUT2D eigenvalue weighted by Gasteiger charge is -2.19. The zero-order chi connectivity index (χ0) is 19.8. The van der Waals surface area contributed by atoms with Crippen LogP contribution in [0.25, 0.3) is 10.9 Å². The van der Waals surface area contributed by atoms with E-state index in [0.717, 1.165) is 22.3 Å². The van der Waals surface area contributed by atoms with E-state index in [1.54, 1.807) is 4.90 Å². The molecule has 2 aliphatic rings. The molecule has 5 nitrogen and oxygen atoms in total. The Bertz CT molecular complexity index is 1100. The van der Waals surface area contributed by atoms with Crippen molar-refractivity contribution in [2.75, 3.05) is 13.6 Å². The number of likely N-dealkylation sites (N-methyl/N-ethyl adjacent to an activating group) is 2. The Morgan fingerprint density at radius 1 is 1.25 bits per heavy atom. The minimum Gasteiger partial charge on any atom is -0.350 e. The van der Waals surface area contributed by atoms with Crippen molar-refractivity contribution in [2.24, 2.45) is 12.0 Å². The van der Waals surface area contributed by atoms with Crippen molar-refractivity contribution in [2.45, 2.75) is 6.92 Å². The summed E-state index contributed by atoms with van der Waals surface area (Å²) in [6.45, 7) is 2.53. The molecule has 7 heteroatoms. The molecular weight excluding hydrogens is 392 g/mol. The van der Waals surface area contributed by atoms with Crippen LogP contribution in [0.15, 0.2) is 70.5 Å². The predicted octanol–water partition coefficient (Wildman–Crippen LogP) is 4.13. The van der Waals surface area contributed by atoms with Gasteiger partial charge < -0.3 is 4.90 Å². The summed E-state index contributed by atoms with van der Waals surface area (Å²) in [5, 5.41) is 2.36. The van der Waals surface area contributed by atoms with Crippen LogP contribution >= 0.6 is 23.4 Å². The summed E-state index contributed by atoms with van der Waals surface area (Å²) < 4.78 is 2.01. The minimum atomic E-state index is -0.0121. The average molecular weight is 412 g/mol. The number of allylic oxidation sites excluding steroid dienone is 3. The first-order valence-electron chi connectivity index (χ1n) is 8.98. The number of carbonyl (C=O) groups is 1. The second-order valence-corrected chi connectivity index (χ2v) is 7.96. The van der Waals surface area contributed by atoms with Crippen LogP contribution in [0.4, 0.5) is 5.69 Å². The lowest BCUT2D eigenvalue weighted by atomic mass is 10.2. The molecule has 0 unspecified atom stereocenters. The first kappa shape index (κ1) is 18.8. The molecule has 0 atom stereocenters. The first-order chi connectivity index (χ1) is 13.5. The van der Waals surface area contributed by atoms with E-state index in [-0.39, 0.29) is 5.91 Å². The summed E-state index contributed by atoms with van der Waals surface area (Å²) in [5.74, 6) is -0.0121. The Labute approximate surface area is 173 Å². The van der Waals surface area contributed by atoms with Gasteiger partial charge in [-0.15, -0.1) is 0 Å². The molecule has 142 valence electrons. The summed E-state index contributed by atoms with van der Waals surface area (Å²) in [4.78, 5) is 22.2. The third-order valence-electron chi connectivity index (χ3n) is 4.76. The molecule has 0 spiro atoms. The Morgan fingerprint density at radius 3 is 2.82 bits per heavy atom. The number of aliphatic imine (C=N–C) groups is 1. The van der Waals surface area contributed by atoms with Crippen LogP contribution in [0.2, 0.25) is 5.02 Å². The van der Waals surface area contributed by atoms with Gasteiger partial charge in [0.25, 0.3) is 5.91 Å². The van der Waals surface area contributed by atoms with E-state index >= 15 is 0 Å². The SMILES string of the molecule is CCN1C(=O)C(=C2C=CC=CN2C)SC1=Nc1cc[n+](C)c2cc(Cl)ccc12. The molecule has 0 radical (unpaired) electrons. The van der Waals surface area contributed by atoms with Gasteiger partial charge in [0.05, 0.1) is 16.8 Å². The number of thioether (sulfide) groups is 1. The summed E-state index contributed by atoms with van der Waals surface area (Å²) in [6, 6.07) is 7.71. The van der Waals surface area contributed by atoms with E-state index in [1.165, 1.54) is 11.8 Å². The van der Waals surface area contributed by atoms with E-state index in [1.807, 2.05) is 85.4 Å². The van der Waals surface area contributed by atoms with E-state index in [2.05, 4.69) is 0 Å². The van der Waals surface area contributed by atoms with Gasteiger partial charge >= 0.3 is 0 Å². The smallest absolute Gasteiger partial charge is 0.268 e. The first-order valence-corrected chi connectivity index (χ1v) is 10.2. The third kappa shape index (κ3) is 3.23. The number of fused-ring (bicyclic) bond motifs is 1. The Balaban J connectivity index is 1.82. The van der Waals surface area contributed by atoms with Crippen molar-refractivity contribution in [1.82, 2.24) is 9.80 Å². The van der Waals surface area contributed by atoms with Gasteiger partial charge in [-0.2, -0.15) is 0 Å². The molecule has 0 N–H and O–H groups in total. The zero-order valence-corrected chi connectivity index (χ0v) is 17.5. The van der Waals surface area contributed by atoms with Gasteiger partial charge in [0, 0.05) is 36.9 Å². The highest BCUT2D eigenvalue weighted by molar-refractivity contribution is 8.18. The molecule has 2 aliphatic heterocycles. The number of aryl methyl sites for hydroxylation is 1. The second-order valence-electron chi connectivity index (χ2n) is 6.55. The van der Waals surface area contributed by atoms with Gasteiger partial charge in [0.15, 0.2) is 11.4 Å². The fraction of sp³-hybridized carbons (Fsp3) is 0.190. The van der Waals surface area contributed by atoms with Crippen LogP contribution in [0.1, 0.15) is 6.92 Å². The highest BCUT2D eigenvalue weighted by Crippen LogP contribution is 2.37. The van der Waals surface area contributed by atoms with Gasteiger partial charge in [-0.1, -0.05) is 17.7 Å². The highest BCUT2D eigenvalue weighted by atomic mass is 35.5. The number of halogens is 1. The number of benzene rings is 1. The van der Waals surface area contributed by atoms with Crippen molar-refractivity contribution in [3.8, 4) is 0 Å². The van der Waals surface area contributed by atoms with Gasteiger partial charge in [0.2, 0.25) is 5.52 Å². The molecule has 28 heavy (non-hydrogen) atoms. The Morgan fingerprint density at radius 2 is 2.07 bits per heavy atom. The molecule has 1 fully saturated rings. The summed E-state index contributed by atoms with van der Waals surface area (Å²) in [6.07, 6.45) is 9.74. The summed E-state index contributed by atoms with van der Waals surface area (Å²) >= 11 is 7.59. The van der Waals surface area contributed by atoms with Crippen LogP contribution in [-0.2, 0) is 11.8 Å². The molecule has 0 aliphatic carbocycles. The maximum absolute atomic E-state index is 13.0. The molecule has 1 aromatic heterocycles. The average Bonchev–Trinajstić information content (AvgIpc) is 2.99. The number of nitrogens with zero attached hydrogens (tertiary/aromatic N) is 4. The number of rotatable bonds is 2. The normalized spacial score (nSPS) is 20.9. The number of hydrogen-bond acceptors (Lipinski definition) is 4. The molecule has 0 saturated carbocycles. The predicted molar refractivity (Wildman–Crippen MR) is 115 cm³/mol. The van der Waals surface area contributed by atoms with Crippen molar-refractivity contribution < 1.29 is 9.36 Å². The quantitative estimate of drug-likeness (QED) is 0.551. The van der Waals surface area contributed by atoms with Crippen molar-refractivity contribution in [3.63, 3.8) is 0 Å². The minimum absolute atomic E-state index is 0.0121. The topological polar surface area (TPSA) is 39.8 Å². The number of amidine groups is 1. The second kappa shape index (κ2) is 7.45. The van der Waals surface area contributed by atoms with Gasteiger partial charge in [-0.3, -0.25) is 9.69 Å². The largest absolute Gasteiger partial charge is 0.350 e. The Hall–Kier alpha value is -2.57. The van der Waals surface area contributed by atoms with E-state index in [9.17, 15) is 4.79 Å². The van der Waals surface area contributed by atoms with Gasteiger partial charge in [-0.05, 0) is 43.0 Å². The molecule has 3 heterocycles. The van der Waals surface area contributed by atoms with Crippen molar-refractivity contribution in [1.29, 1.82) is 0 Å². The summed E-state index contributed by atoms with van der Waals surface area (Å²) in [5.41, 5.74) is 2.69. The van der Waals surface area contributed by atoms with Crippen LogP contribution in [-0.4, -0.2) is 34.5 Å². The molecular formula is C21H20ClN4OS+. The molecule has 1 saturated heterocycles. The van der Waals surface area contributed by atoms with Crippen LogP contribution in [0.3, 0.4) is 0 Å². The van der Waals surface area contributed by atoms with Crippen LogP contribution in [0.5, 0.6) is 0 Å². The molecule has 1 amide bonds. The van der Waals surface area contributed by atoms with Gasteiger partial charge in [-0.25, -0.2) is 9.56 Å². The maximum Gasteiger partial charge on any atom is 0.268 e. The Kier molecular flexibility index (Phi) is 5.00. The number of amides is 1. The van der Waals surface area contributed by atoms with Crippen molar-refractivity contribution >= 4 is 51.0 Å². The van der Waals surface area contributed by atoms with Gasteiger partial charge in [0.1, 0.15) is 12.0 Å². The number of carbonyl (C=O) groups excluding carboxylic acids is 1. The van der Waals surface area contributed by atoms with Crippen LogP contribution in [0, 0.1) is 0 Å². The van der Waals surface area contributed by atoms with E-state index in [0.29, 0.717) is 21.6 Å². The third-order valence-corrected chi connectivity index (χ3v) is 6.07. The summed E-state index contributed by atoms with van der Waals surface area (Å²) in [7, 11) is 3.92.